The third-order valence-electron chi connectivity index (χ3n) is 4.06. The van der Waals surface area contributed by atoms with Crippen LogP contribution in [0.25, 0.3) is 0 Å². The second-order valence-electron chi connectivity index (χ2n) is 5.80. The number of nitrogens with one attached hydrogen (secondary N) is 1. The molecular weight excluding hydrogens is 270 g/mol. The lowest BCUT2D eigenvalue weighted by molar-refractivity contribution is -0.155. The summed E-state index contributed by atoms with van der Waals surface area (Å²) in [5.74, 6) is -0.126. The van der Waals surface area contributed by atoms with Crippen LogP contribution >= 0.6 is 0 Å². The number of carbonyl (C=O) groups excluding carboxylic acids is 2. The number of carbonyl (C=O) groups is 2. The molecule has 2 rings (SSSR count). The molecule has 1 aromatic rings. The van der Waals surface area contributed by atoms with Crippen LogP contribution in [0.4, 0.5) is 0 Å². The molecule has 0 aliphatic carbocycles. The summed E-state index contributed by atoms with van der Waals surface area (Å²) in [6.07, 6.45) is 3.82. The van der Waals surface area contributed by atoms with Crippen molar-refractivity contribution in [3.05, 3.63) is 11.9 Å². The van der Waals surface area contributed by atoms with Gasteiger partial charge in [-0.3, -0.25) is 14.3 Å². The molecule has 1 aliphatic rings. The van der Waals surface area contributed by atoms with Gasteiger partial charge in [-0.1, -0.05) is 25.5 Å². The predicted molar refractivity (Wildman–Crippen MR) is 77.1 cm³/mol. The van der Waals surface area contributed by atoms with Crippen molar-refractivity contribution in [2.75, 3.05) is 0 Å². The van der Waals surface area contributed by atoms with E-state index < -0.39 is 11.6 Å². The fourth-order valence-electron chi connectivity index (χ4n) is 2.63. The van der Waals surface area contributed by atoms with Gasteiger partial charge >= 0.3 is 0 Å². The van der Waals surface area contributed by atoms with Gasteiger partial charge in [0.05, 0.1) is 6.54 Å². The molecule has 0 spiro atoms. The maximum Gasteiger partial charge on any atom is 0.249 e. The molecule has 7 heteroatoms. The van der Waals surface area contributed by atoms with Gasteiger partial charge < -0.3 is 10.2 Å². The quantitative estimate of drug-likeness (QED) is 0.862. The van der Waals surface area contributed by atoms with Gasteiger partial charge in [-0.05, 0) is 19.8 Å². The van der Waals surface area contributed by atoms with Crippen LogP contribution < -0.4 is 5.32 Å². The number of aromatic nitrogens is 3. The molecule has 2 atom stereocenters. The average Bonchev–Trinajstić information content (AvgIpc) is 2.85. The predicted octanol–water partition coefficient (Wildman–Crippen LogP) is 0.611. The van der Waals surface area contributed by atoms with Gasteiger partial charge in [-0.2, -0.15) is 0 Å². The molecular formula is C14H23N5O2. The van der Waals surface area contributed by atoms with Crippen molar-refractivity contribution in [3.8, 4) is 0 Å². The van der Waals surface area contributed by atoms with Crippen molar-refractivity contribution >= 4 is 11.8 Å². The molecule has 21 heavy (non-hydrogen) atoms. The van der Waals surface area contributed by atoms with E-state index in [-0.39, 0.29) is 11.8 Å². The summed E-state index contributed by atoms with van der Waals surface area (Å²) in [5.41, 5.74) is -0.135. The van der Waals surface area contributed by atoms with Gasteiger partial charge in [0.25, 0.3) is 0 Å². The van der Waals surface area contributed by atoms with E-state index in [1.165, 1.54) is 0 Å². The number of hydrogen-bond acceptors (Lipinski definition) is 4. The standard InChI is InChI=1S/C14H23N5O2/c1-5-7-11-12(20)15-14(3,6-2)13(21)19(11)9-10-8-18(4)17-16-10/h8,11H,5-7,9H2,1-4H3,(H,15,20). The van der Waals surface area contributed by atoms with Gasteiger partial charge in [0.1, 0.15) is 17.3 Å². The summed E-state index contributed by atoms with van der Waals surface area (Å²) in [6, 6.07) is -0.427. The Kier molecular flexibility index (Phi) is 4.29. The van der Waals surface area contributed by atoms with Crippen LogP contribution in [0, 0.1) is 0 Å². The van der Waals surface area contributed by atoms with E-state index in [9.17, 15) is 9.59 Å². The summed E-state index contributed by atoms with van der Waals surface area (Å²) in [4.78, 5) is 26.8. The van der Waals surface area contributed by atoms with Gasteiger partial charge in [0.2, 0.25) is 11.8 Å². The minimum Gasteiger partial charge on any atom is -0.340 e. The summed E-state index contributed by atoms with van der Waals surface area (Å²) >= 11 is 0. The topological polar surface area (TPSA) is 80.1 Å². The normalized spacial score (nSPS) is 26.1. The van der Waals surface area contributed by atoms with Crippen LogP contribution in [0.15, 0.2) is 6.20 Å². The molecule has 0 bridgehead atoms. The fourth-order valence-corrected chi connectivity index (χ4v) is 2.63. The van der Waals surface area contributed by atoms with Gasteiger partial charge in [0.15, 0.2) is 0 Å². The van der Waals surface area contributed by atoms with Crippen molar-refractivity contribution in [2.24, 2.45) is 7.05 Å². The third-order valence-corrected chi connectivity index (χ3v) is 4.06. The number of aryl methyl sites for hydroxylation is 1. The molecule has 2 amide bonds. The van der Waals surface area contributed by atoms with E-state index in [4.69, 9.17) is 0 Å². The molecule has 0 saturated carbocycles. The van der Waals surface area contributed by atoms with Crippen molar-refractivity contribution in [3.63, 3.8) is 0 Å². The lowest BCUT2D eigenvalue weighted by Gasteiger charge is -2.43. The van der Waals surface area contributed by atoms with Crippen LogP contribution in [-0.4, -0.2) is 43.3 Å². The van der Waals surface area contributed by atoms with Crippen LogP contribution in [0.3, 0.4) is 0 Å². The molecule has 1 aromatic heterocycles. The minimum atomic E-state index is -0.830. The summed E-state index contributed by atoms with van der Waals surface area (Å²) in [5, 5.41) is 10.8. The Morgan fingerprint density at radius 1 is 1.38 bits per heavy atom. The number of hydrogen-bond donors (Lipinski definition) is 1. The highest BCUT2D eigenvalue weighted by atomic mass is 16.2. The number of amides is 2. The Morgan fingerprint density at radius 3 is 2.62 bits per heavy atom. The largest absolute Gasteiger partial charge is 0.340 e. The minimum absolute atomic E-state index is 0.0475. The molecule has 1 N–H and O–H groups in total. The summed E-state index contributed by atoms with van der Waals surface area (Å²) in [7, 11) is 1.78. The van der Waals surface area contributed by atoms with E-state index in [1.54, 1.807) is 29.7 Å². The van der Waals surface area contributed by atoms with Crippen molar-refractivity contribution < 1.29 is 9.59 Å². The Bertz CT molecular complexity index is 541. The maximum atomic E-state index is 12.8. The highest BCUT2D eigenvalue weighted by molar-refractivity contribution is 5.99. The average molecular weight is 293 g/mol. The highest BCUT2D eigenvalue weighted by Crippen LogP contribution is 2.25. The van der Waals surface area contributed by atoms with Crippen molar-refractivity contribution in [1.29, 1.82) is 0 Å². The van der Waals surface area contributed by atoms with E-state index >= 15 is 0 Å². The van der Waals surface area contributed by atoms with E-state index in [1.807, 2.05) is 13.8 Å². The van der Waals surface area contributed by atoms with Gasteiger partial charge in [-0.25, -0.2) is 0 Å². The van der Waals surface area contributed by atoms with Gasteiger partial charge in [-0.15, -0.1) is 5.10 Å². The first-order chi connectivity index (χ1) is 9.91. The second kappa shape index (κ2) is 5.83. The lowest BCUT2D eigenvalue weighted by atomic mass is 9.90. The molecule has 1 fully saturated rings. The molecule has 7 nitrogen and oxygen atoms in total. The SMILES string of the molecule is CCCC1C(=O)NC(C)(CC)C(=O)N1Cc1cn(C)nn1. The summed E-state index contributed by atoms with van der Waals surface area (Å²) < 4.78 is 1.59. The lowest BCUT2D eigenvalue weighted by Crippen LogP contribution is -2.68. The van der Waals surface area contributed by atoms with Crippen LogP contribution in [0.1, 0.15) is 45.7 Å². The van der Waals surface area contributed by atoms with E-state index in [2.05, 4.69) is 15.6 Å². The number of nitrogens with zero attached hydrogens (tertiary/aromatic N) is 4. The van der Waals surface area contributed by atoms with Crippen LogP contribution in [-0.2, 0) is 23.2 Å². The highest BCUT2D eigenvalue weighted by Gasteiger charge is 2.46. The number of piperazine rings is 1. The summed E-state index contributed by atoms with van der Waals surface area (Å²) in [6.45, 7) is 6.00. The zero-order valence-corrected chi connectivity index (χ0v) is 13.1. The Balaban J connectivity index is 2.29. The Labute approximate surface area is 124 Å². The molecule has 1 saturated heterocycles. The zero-order valence-electron chi connectivity index (χ0n) is 13.1. The molecule has 0 radical (unpaired) electrons. The molecule has 0 aromatic carbocycles. The number of rotatable bonds is 5. The van der Waals surface area contributed by atoms with Crippen molar-refractivity contribution in [1.82, 2.24) is 25.2 Å². The van der Waals surface area contributed by atoms with E-state index in [0.717, 1.165) is 6.42 Å². The molecule has 1 aliphatic heterocycles. The smallest absolute Gasteiger partial charge is 0.249 e. The zero-order chi connectivity index (χ0) is 15.6. The fraction of sp³-hybridized carbons (Fsp3) is 0.714. The van der Waals surface area contributed by atoms with E-state index in [0.29, 0.717) is 25.1 Å². The van der Waals surface area contributed by atoms with Crippen LogP contribution in [0.5, 0.6) is 0 Å². The maximum absolute atomic E-state index is 12.8. The Hall–Kier alpha value is -1.92. The van der Waals surface area contributed by atoms with Gasteiger partial charge in [0, 0.05) is 13.2 Å². The first-order valence-electron chi connectivity index (χ1n) is 7.39. The first-order valence-corrected chi connectivity index (χ1v) is 7.39. The second-order valence-corrected chi connectivity index (χ2v) is 5.80. The van der Waals surface area contributed by atoms with Crippen LogP contribution in [0.2, 0.25) is 0 Å². The molecule has 116 valence electrons. The Morgan fingerprint density at radius 2 is 2.10 bits per heavy atom. The molecule has 2 unspecified atom stereocenters. The third kappa shape index (κ3) is 2.91. The van der Waals surface area contributed by atoms with Crippen molar-refractivity contribution in [2.45, 2.75) is 58.2 Å². The monoisotopic (exact) mass is 293 g/mol. The molecule has 2 heterocycles. The first kappa shape index (κ1) is 15.5.